The summed E-state index contributed by atoms with van der Waals surface area (Å²) in [7, 11) is 0. The lowest BCUT2D eigenvalue weighted by atomic mass is 10.2. The van der Waals surface area contributed by atoms with E-state index in [-0.39, 0.29) is 0 Å². The summed E-state index contributed by atoms with van der Waals surface area (Å²) >= 11 is 5.60. The molecule has 1 saturated heterocycles. The molecule has 2 rings (SSSR count). The molecule has 1 aromatic heterocycles. The molecule has 2 atom stereocenters. The lowest BCUT2D eigenvalue weighted by Gasteiger charge is -2.27. The van der Waals surface area contributed by atoms with Crippen LogP contribution in [0.5, 0.6) is 0 Å². The largest absolute Gasteiger partial charge is 0.360 e. The number of hydrogen-bond donors (Lipinski definition) is 1. The van der Waals surface area contributed by atoms with Crippen molar-refractivity contribution in [3.63, 3.8) is 0 Å². The number of nitrogens with one attached hydrogen (secondary N) is 1. The van der Waals surface area contributed by atoms with Crippen molar-refractivity contribution in [3.8, 4) is 0 Å². The minimum absolute atomic E-state index is 0.493. The summed E-state index contributed by atoms with van der Waals surface area (Å²) in [6, 6.07) is 0. The second-order valence-corrected chi connectivity index (χ2v) is 7.34. The van der Waals surface area contributed by atoms with Gasteiger partial charge in [-0.3, -0.25) is 0 Å². The van der Waals surface area contributed by atoms with E-state index in [4.69, 9.17) is 0 Å². The summed E-state index contributed by atoms with van der Waals surface area (Å²) in [6.45, 7) is 5.41. The van der Waals surface area contributed by atoms with Gasteiger partial charge in [0.2, 0.25) is 5.13 Å². The molecule has 0 aliphatic carbocycles. The fraction of sp³-hybridized carbons (Fsp3) is 0.818. The molecule has 0 spiro atoms. The van der Waals surface area contributed by atoms with E-state index in [2.05, 4.69) is 40.3 Å². The zero-order valence-corrected chi connectivity index (χ0v) is 12.8. The molecule has 17 heavy (non-hydrogen) atoms. The molecule has 1 N–H and O–H groups in total. The van der Waals surface area contributed by atoms with Gasteiger partial charge in [-0.2, -0.15) is 16.1 Å². The van der Waals surface area contributed by atoms with Gasteiger partial charge in [0.25, 0.3) is 0 Å². The molecule has 96 valence electrons. The molecule has 0 amide bonds. The predicted octanol–water partition coefficient (Wildman–Crippen LogP) is 3.66. The van der Waals surface area contributed by atoms with Gasteiger partial charge in [-0.05, 0) is 12.8 Å². The standard InChI is InChI=1S/C11H19N3S3/c1-3-5-12-11-13-10(14-17-11)9-8(4-2)15-6-7-16-9/h8-9H,3-7H2,1-2H3,(H,12,13,14). The molecule has 0 radical (unpaired) electrons. The van der Waals surface area contributed by atoms with E-state index in [0.29, 0.717) is 10.5 Å². The third-order valence-corrected chi connectivity index (χ3v) is 6.60. The third kappa shape index (κ3) is 3.51. The lowest BCUT2D eigenvalue weighted by Crippen LogP contribution is -2.19. The highest BCUT2D eigenvalue weighted by Gasteiger charge is 2.29. The Morgan fingerprint density at radius 2 is 2.12 bits per heavy atom. The number of rotatable bonds is 5. The number of nitrogens with zero attached hydrogens (tertiary/aromatic N) is 2. The normalized spacial score (nSPS) is 24.8. The molecule has 2 unspecified atom stereocenters. The van der Waals surface area contributed by atoms with E-state index < -0.39 is 0 Å². The molecule has 0 bridgehead atoms. The van der Waals surface area contributed by atoms with Crippen molar-refractivity contribution in [2.75, 3.05) is 23.4 Å². The van der Waals surface area contributed by atoms with Crippen molar-refractivity contribution >= 4 is 40.2 Å². The van der Waals surface area contributed by atoms with Crippen LogP contribution >= 0.6 is 35.1 Å². The summed E-state index contributed by atoms with van der Waals surface area (Å²) in [4.78, 5) is 4.63. The first-order valence-corrected chi connectivity index (χ1v) is 9.03. The fourth-order valence-corrected chi connectivity index (χ4v) is 5.49. The van der Waals surface area contributed by atoms with Crippen LogP contribution in [-0.2, 0) is 0 Å². The Morgan fingerprint density at radius 3 is 2.88 bits per heavy atom. The van der Waals surface area contributed by atoms with Gasteiger partial charge in [0.05, 0.1) is 5.25 Å². The average molecular weight is 289 g/mol. The maximum absolute atomic E-state index is 4.63. The Hall–Kier alpha value is 0.0600. The maximum Gasteiger partial charge on any atom is 0.202 e. The van der Waals surface area contributed by atoms with Gasteiger partial charge in [-0.15, -0.1) is 11.8 Å². The SMILES string of the molecule is CCCNc1nc(C2SCCSC2CC)ns1. The third-order valence-electron chi connectivity index (χ3n) is 2.68. The number of anilines is 1. The minimum Gasteiger partial charge on any atom is -0.360 e. The highest BCUT2D eigenvalue weighted by atomic mass is 32.2. The van der Waals surface area contributed by atoms with Gasteiger partial charge < -0.3 is 5.32 Å². The zero-order valence-electron chi connectivity index (χ0n) is 10.3. The molecular formula is C11H19N3S3. The Bertz CT molecular complexity index is 342. The summed E-state index contributed by atoms with van der Waals surface area (Å²) in [5.74, 6) is 3.53. The van der Waals surface area contributed by atoms with Crippen LogP contribution in [0.3, 0.4) is 0 Å². The van der Waals surface area contributed by atoms with Crippen molar-refractivity contribution in [3.05, 3.63) is 5.82 Å². The van der Waals surface area contributed by atoms with Gasteiger partial charge in [0.1, 0.15) is 0 Å². The molecule has 6 heteroatoms. The van der Waals surface area contributed by atoms with Crippen LogP contribution in [0.2, 0.25) is 0 Å². The summed E-state index contributed by atoms with van der Waals surface area (Å²) in [5.41, 5.74) is 0. The van der Waals surface area contributed by atoms with Crippen LogP contribution < -0.4 is 5.32 Å². The van der Waals surface area contributed by atoms with E-state index in [0.717, 1.165) is 23.9 Å². The second-order valence-electron chi connectivity index (χ2n) is 3.99. The molecule has 1 fully saturated rings. The van der Waals surface area contributed by atoms with Crippen LogP contribution in [-0.4, -0.2) is 32.7 Å². The first-order chi connectivity index (χ1) is 8.35. The van der Waals surface area contributed by atoms with Gasteiger partial charge in [-0.25, -0.2) is 4.98 Å². The van der Waals surface area contributed by atoms with Crippen molar-refractivity contribution < 1.29 is 0 Å². The summed E-state index contributed by atoms with van der Waals surface area (Å²) < 4.78 is 4.52. The van der Waals surface area contributed by atoms with Gasteiger partial charge in [-0.1, -0.05) is 13.8 Å². The quantitative estimate of drug-likeness (QED) is 0.895. The van der Waals surface area contributed by atoms with Gasteiger partial charge >= 0.3 is 0 Å². The smallest absolute Gasteiger partial charge is 0.202 e. The van der Waals surface area contributed by atoms with Crippen LogP contribution in [0.25, 0.3) is 0 Å². The molecule has 1 aliphatic rings. The Balaban J connectivity index is 2.02. The van der Waals surface area contributed by atoms with Crippen molar-refractivity contribution in [1.82, 2.24) is 9.36 Å². The van der Waals surface area contributed by atoms with Crippen molar-refractivity contribution in [2.24, 2.45) is 0 Å². The van der Waals surface area contributed by atoms with E-state index in [1.807, 2.05) is 11.8 Å². The fourth-order valence-electron chi connectivity index (χ4n) is 1.80. The highest BCUT2D eigenvalue weighted by Crippen LogP contribution is 2.43. The van der Waals surface area contributed by atoms with Crippen LogP contribution in [0.1, 0.15) is 37.8 Å². The molecule has 2 heterocycles. The average Bonchev–Trinajstić information content (AvgIpc) is 2.85. The van der Waals surface area contributed by atoms with E-state index in [9.17, 15) is 0 Å². The first kappa shape index (κ1) is 13.5. The zero-order chi connectivity index (χ0) is 12.1. The summed E-state index contributed by atoms with van der Waals surface area (Å²) in [5, 5.41) is 5.47. The topological polar surface area (TPSA) is 37.8 Å². The van der Waals surface area contributed by atoms with Crippen LogP contribution in [0, 0.1) is 0 Å². The molecular weight excluding hydrogens is 270 g/mol. The number of thioether (sulfide) groups is 2. The Kier molecular flexibility index (Phi) is 5.44. The molecule has 1 aromatic rings. The number of hydrogen-bond acceptors (Lipinski definition) is 6. The highest BCUT2D eigenvalue weighted by molar-refractivity contribution is 8.06. The van der Waals surface area contributed by atoms with E-state index in [1.165, 1.54) is 29.5 Å². The second kappa shape index (κ2) is 6.85. The first-order valence-electron chi connectivity index (χ1n) is 6.15. The van der Waals surface area contributed by atoms with Crippen molar-refractivity contribution in [2.45, 2.75) is 37.2 Å². The van der Waals surface area contributed by atoms with Crippen LogP contribution in [0.15, 0.2) is 0 Å². The Morgan fingerprint density at radius 1 is 1.29 bits per heavy atom. The van der Waals surface area contributed by atoms with Crippen molar-refractivity contribution in [1.29, 1.82) is 0 Å². The summed E-state index contributed by atoms with van der Waals surface area (Å²) in [6.07, 6.45) is 2.33. The van der Waals surface area contributed by atoms with Crippen LogP contribution in [0.4, 0.5) is 5.13 Å². The minimum atomic E-state index is 0.493. The van der Waals surface area contributed by atoms with Gasteiger partial charge in [0, 0.05) is 34.8 Å². The molecule has 1 aliphatic heterocycles. The Labute approximate surface area is 116 Å². The predicted molar refractivity (Wildman–Crippen MR) is 80.4 cm³/mol. The van der Waals surface area contributed by atoms with E-state index >= 15 is 0 Å². The van der Waals surface area contributed by atoms with Gasteiger partial charge in [0.15, 0.2) is 5.82 Å². The molecule has 3 nitrogen and oxygen atoms in total. The molecule has 0 saturated carbocycles. The lowest BCUT2D eigenvalue weighted by molar-refractivity contribution is 0.762. The number of aromatic nitrogens is 2. The monoisotopic (exact) mass is 289 g/mol. The maximum atomic E-state index is 4.63. The van der Waals surface area contributed by atoms with E-state index in [1.54, 1.807) is 0 Å². The molecule has 0 aromatic carbocycles.